The zero-order valence-corrected chi connectivity index (χ0v) is 9.70. The second-order valence-corrected chi connectivity index (χ2v) is 5.25. The van der Waals surface area contributed by atoms with Gasteiger partial charge in [0.2, 0.25) is 5.91 Å². The predicted octanol–water partition coefficient (Wildman–Crippen LogP) is 1.12. The second-order valence-electron chi connectivity index (χ2n) is 5.25. The van der Waals surface area contributed by atoms with Crippen molar-refractivity contribution in [3.63, 3.8) is 0 Å². The van der Waals surface area contributed by atoms with Crippen LogP contribution in [-0.2, 0) is 9.59 Å². The zero-order valence-electron chi connectivity index (χ0n) is 9.70. The molecule has 15 heavy (non-hydrogen) atoms. The molecule has 1 aliphatic carbocycles. The molecule has 0 bridgehead atoms. The first-order valence-corrected chi connectivity index (χ1v) is 5.29. The van der Waals surface area contributed by atoms with Crippen molar-refractivity contribution in [2.24, 2.45) is 23.2 Å². The standard InChI is InChI=1S/C11H19NO3/c1-6(2)5-12-9(13)7-8(10(14)15)11(7,3)4/h6-8H,5H2,1-4H3,(H,12,13)(H,14,15)/t7-,8+/m0/s1. The normalized spacial score (nSPS) is 27.5. The number of carbonyl (C=O) groups is 2. The van der Waals surface area contributed by atoms with Crippen molar-refractivity contribution in [2.45, 2.75) is 27.7 Å². The lowest BCUT2D eigenvalue weighted by molar-refractivity contribution is -0.140. The lowest BCUT2D eigenvalue weighted by atomic mass is 10.1. The Morgan fingerprint density at radius 1 is 1.33 bits per heavy atom. The smallest absolute Gasteiger partial charge is 0.307 e. The summed E-state index contributed by atoms with van der Waals surface area (Å²) in [6.45, 7) is 8.27. The largest absolute Gasteiger partial charge is 0.481 e. The minimum Gasteiger partial charge on any atom is -0.481 e. The van der Waals surface area contributed by atoms with E-state index >= 15 is 0 Å². The first-order chi connectivity index (χ1) is 6.78. The van der Waals surface area contributed by atoms with Crippen molar-refractivity contribution in [1.29, 1.82) is 0 Å². The summed E-state index contributed by atoms with van der Waals surface area (Å²) in [7, 11) is 0. The molecule has 0 heterocycles. The van der Waals surface area contributed by atoms with E-state index in [2.05, 4.69) is 5.32 Å². The van der Waals surface area contributed by atoms with Gasteiger partial charge in [0, 0.05) is 6.54 Å². The average Bonchev–Trinajstić information content (AvgIpc) is 2.65. The van der Waals surface area contributed by atoms with Gasteiger partial charge in [0.05, 0.1) is 11.8 Å². The fraction of sp³-hybridized carbons (Fsp3) is 0.818. The number of nitrogens with one attached hydrogen (secondary N) is 1. The van der Waals surface area contributed by atoms with E-state index in [1.807, 2.05) is 27.7 Å². The summed E-state index contributed by atoms with van der Waals surface area (Å²) in [4.78, 5) is 22.5. The quantitative estimate of drug-likeness (QED) is 0.735. The van der Waals surface area contributed by atoms with Gasteiger partial charge in [-0.1, -0.05) is 27.7 Å². The van der Waals surface area contributed by atoms with Gasteiger partial charge in [-0.15, -0.1) is 0 Å². The van der Waals surface area contributed by atoms with Crippen LogP contribution in [0.5, 0.6) is 0 Å². The number of hydrogen-bond acceptors (Lipinski definition) is 2. The minimum absolute atomic E-state index is 0.124. The van der Waals surface area contributed by atoms with Crippen molar-refractivity contribution < 1.29 is 14.7 Å². The molecule has 2 N–H and O–H groups in total. The van der Waals surface area contributed by atoms with Crippen LogP contribution >= 0.6 is 0 Å². The highest BCUT2D eigenvalue weighted by Gasteiger charge is 2.65. The molecule has 0 aromatic heterocycles. The third-order valence-electron chi connectivity index (χ3n) is 3.06. The molecule has 1 saturated carbocycles. The molecule has 1 fully saturated rings. The van der Waals surface area contributed by atoms with Gasteiger partial charge in [-0.3, -0.25) is 9.59 Å². The molecule has 0 saturated heterocycles. The first-order valence-electron chi connectivity index (χ1n) is 5.29. The zero-order chi connectivity index (χ0) is 11.8. The first kappa shape index (κ1) is 12.0. The maximum Gasteiger partial charge on any atom is 0.307 e. The van der Waals surface area contributed by atoms with Crippen LogP contribution in [0, 0.1) is 23.2 Å². The third kappa shape index (κ3) is 2.30. The summed E-state index contributed by atoms with van der Waals surface area (Å²) in [6, 6.07) is 0. The Balaban J connectivity index is 2.53. The molecule has 0 unspecified atom stereocenters. The Bertz CT molecular complexity index is 284. The highest BCUT2D eigenvalue weighted by atomic mass is 16.4. The Morgan fingerprint density at radius 3 is 2.20 bits per heavy atom. The predicted molar refractivity (Wildman–Crippen MR) is 56.2 cm³/mol. The van der Waals surface area contributed by atoms with E-state index in [1.165, 1.54) is 0 Å². The van der Waals surface area contributed by atoms with E-state index in [9.17, 15) is 9.59 Å². The lowest BCUT2D eigenvalue weighted by Gasteiger charge is -2.07. The van der Waals surface area contributed by atoms with Crippen molar-refractivity contribution in [3.8, 4) is 0 Å². The molecule has 4 nitrogen and oxygen atoms in total. The summed E-state index contributed by atoms with van der Waals surface area (Å²) in [6.07, 6.45) is 0. The van der Waals surface area contributed by atoms with Crippen LogP contribution in [0.15, 0.2) is 0 Å². The van der Waals surface area contributed by atoms with Crippen molar-refractivity contribution in [3.05, 3.63) is 0 Å². The fourth-order valence-electron chi connectivity index (χ4n) is 2.00. The Kier molecular flexibility index (Phi) is 3.07. The van der Waals surface area contributed by atoms with Gasteiger partial charge in [-0.2, -0.15) is 0 Å². The van der Waals surface area contributed by atoms with E-state index in [4.69, 9.17) is 5.11 Å². The Hall–Kier alpha value is -1.06. The summed E-state index contributed by atoms with van der Waals surface area (Å²) in [5.74, 6) is -1.50. The van der Waals surface area contributed by atoms with E-state index in [-0.39, 0.29) is 11.8 Å². The van der Waals surface area contributed by atoms with Crippen LogP contribution in [0.1, 0.15) is 27.7 Å². The molecule has 1 rings (SSSR count). The fourth-order valence-corrected chi connectivity index (χ4v) is 2.00. The summed E-state index contributed by atoms with van der Waals surface area (Å²) in [5, 5.41) is 11.7. The van der Waals surface area contributed by atoms with Gasteiger partial charge in [0.15, 0.2) is 0 Å². The highest BCUT2D eigenvalue weighted by molar-refractivity contribution is 5.91. The summed E-state index contributed by atoms with van der Waals surface area (Å²) in [5.41, 5.74) is -0.396. The van der Waals surface area contributed by atoms with Crippen LogP contribution in [0.2, 0.25) is 0 Å². The number of rotatable bonds is 4. The van der Waals surface area contributed by atoms with Crippen LogP contribution < -0.4 is 5.32 Å². The molecule has 1 aliphatic rings. The topological polar surface area (TPSA) is 66.4 Å². The van der Waals surface area contributed by atoms with Gasteiger partial charge in [-0.25, -0.2) is 0 Å². The lowest BCUT2D eigenvalue weighted by Crippen LogP contribution is -2.30. The second kappa shape index (κ2) is 3.83. The molecule has 0 spiro atoms. The molecule has 0 aromatic rings. The SMILES string of the molecule is CC(C)CNC(=O)[C@@H]1[C@H](C(=O)O)C1(C)C. The van der Waals surface area contributed by atoms with Crippen molar-refractivity contribution >= 4 is 11.9 Å². The van der Waals surface area contributed by atoms with Crippen LogP contribution in [0.3, 0.4) is 0 Å². The van der Waals surface area contributed by atoms with Crippen LogP contribution in [0.4, 0.5) is 0 Å². The summed E-state index contributed by atoms with van der Waals surface area (Å²) < 4.78 is 0. The maximum atomic E-state index is 11.7. The minimum atomic E-state index is -0.871. The average molecular weight is 213 g/mol. The van der Waals surface area contributed by atoms with Gasteiger partial charge < -0.3 is 10.4 Å². The van der Waals surface area contributed by atoms with E-state index in [0.29, 0.717) is 12.5 Å². The van der Waals surface area contributed by atoms with Gasteiger partial charge in [0.25, 0.3) is 0 Å². The molecule has 0 aliphatic heterocycles. The molecular formula is C11H19NO3. The molecule has 4 heteroatoms. The van der Waals surface area contributed by atoms with Gasteiger partial charge >= 0.3 is 5.97 Å². The molecule has 2 atom stereocenters. The number of hydrogen-bond donors (Lipinski definition) is 2. The molecule has 0 radical (unpaired) electrons. The Labute approximate surface area is 90.0 Å². The number of carboxylic acids is 1. The maximum absolute atomic E-state index is 11.7. The van der Waals surface area contributed by atoms with E-state index < -0.39 is 17.3 Å². The molecule has 1 amide bonds. The number of amides is 1. The number of carbonyl (C=O) groups excluding carboxylic acids is 1. The van der Waals surface area contributed by atoms with E-state index in [0.717, 1.165) is 0 Å². The summed E-state index contributed by atoms with van der Waals surface area (Å²) >= 11 is 0. The molecular weight excluding hydrogens is 194 g/mol. The van der Waals surface area contributed by atoms with E-state index in [1.54, 1.807) is 0 Å². The molecule has 86 valence electrons. The highest BCUT2D eigenvalue weighted by Crippen LogP contribution is 2.58. The van der Waals surface area contributed by atoms with Crippen LogP contribution in [0.25, 0.3) is 0 Å². The van der Waals surface area contributed by atoms with Gasteiger partial charge in [0.1, 0.15) is 0 Å². The third-order valence-corrected chi connectivity index (χ3v) is 3.06. The number of carboxylic acid groups (broad SMARTS) is 1. The van der Waals surface area contributed by atoms with Crippen molar-refractivity contribution in [1.82, 2.24) is 5.32 Å². The van der Waals surface area contributed by atoms with Gasteiger partial charge in [-0.05, 0) is 11.3 Å². The Morgan fingerprint density at radius 2 is 1.87 bits per heavy atom. The van der Waals surface area contributed by atoms with Crippen molar-refractivity contribution in [2.75, 3.05) is 6.54 Å². The molecule has 0 aromatic carbocycles. The van der Waals surface area contributed by atoms with Crippen LogP contribution in [-0.4, -0.2) is 23.5 Å². The number of aliphatic carboxylic acids is 1. The monoisotopic (exact) mass is 213 g/mol.